The van der Waals surface area contributed by atoms with E-state index in [9.17, 15) is 19.1 Å². The van der Waals surface area contributed by atoms with E-state index in [-0.39, 0.29) is 22.8 Å². The van der Waals surface area contributed by atoms with Crippen molar-refractivity contribution in [1.29, 1.82) is 0 Å². The molecule has 1 N–H and O–H groups in total. The Morgan fingerprint density at radius 3 is 2.32 bits per heavy atom. The molecule has 0 spiro atoms. The lowest BCUT2D eigenvalue weighted by Crippen LogP contribution is -2.36. The summed E-state index contributed by atoms with van der Waals surface area (Å²) in [6.07, 6.45) is 1.53. The predicted molar refractivity (Wildman–Crippen MR) is 164 cm³/mol. The van der Waals surface area contributed by atoms with Gasteiger partial charge in [-0.15, -0.1) is 0 Å². The molecule has 3 aromatic rings. The number of hydrogen-bond acceptors (Lipinski definition) is 5. The smallest absolute Gasteiger partial charge is 0.357 e. The molecule has 1 heterocycles. The molecule has 0 saturated heterocycles. The number of carboxylic acids is 1. The van der Waals surface area contributed by atoms with Crippen LogP contribution >= 0.6 is 15.9 Å². The number of aromatic nitrogens is 1. The number of aliphatic carboxylic acids is 1. The van der Waals surface area contributed by atoms with E-state index in [1.165, 1.54) is 6.07 Å². The van der Waals surface area contributed by atoms with E-state index in [1.54, 1.807) is 18.2 Å². The first-order chi connectivity index (χ1) is 19.3. The zero-order valence-electron chi connectivity index (χ0n) is 24.7. The second kappa shape index (κ2) is 14.1. The van der Waals surface area contributed by atoms with Crippen molar-refractivity contribution in [2.45, 2.75) is 72.9 Å². The first kappa shape index (κ1) is 32.3. The molecule has 1 aromatic heterocycles. The summed E-state index contributed by atoms with van der Waals surface area (Å²) in [4.78, 5) is 33.3. The fourth-order valence-electron chi connectivity index (χ4n) is 4.99. The van der Waals surface area contributed by atoms with Gasteiger partial charge in [-0.3, -0.25) is 4.79 Å². The van der Waals surface area contributed by atoms with E-state index in [0.29, 0.717) is 29.9 Å². The lowest BCUT2D eigenvalue weighted by Gasteiger charge is -2.36. The molecule has 6 nitrogen and oxygen atoms in total. The lowest BCUT2D eigenvalue weighted by molar-refractivity contribution is -0.146. The molecule has 0 aliphatic carbocycles. The number of hydrogen-bond donors (Lipinski definition) is 1. The minimum absolute atomic E-state index is 0.0427. The molecule has 3 rings (SSSR count). The van der Waals surface area contributed by atoms with Crippen LogP contribution < -0.4 is 4.90 Å². The molecule has 0 aliphatic heterocycles. The summed E-state index contributed by atoms with van der Waals surface area (Å²) >= 11 is 3.20. The quantitative estimate of drug-likeness (QED) is 0.161. The van der Waals surface area contributed by atoms with Gasteiger partial charge in [0.15, 0.2) is 5.69 Å². The maximum Gasteiger partial charge on any atom is 0.357 e. The second-order valence-electron chi connectivity index (χ2n) is 11.6. The number of halogens is 2. The number of carbonyl (C=O) groups is 2. The number of esters is 1. The topological polar surface area (TPSA) is 79.7 Å². The van der Waals surface area contributed by atoms with Gasteiger partial charge in [-0.25, -0.2) is 14.2 Å². The van der Waals surface area contributed by atoms with Gasteiger partial charge in [0.25, 0.3) is 0 Å². The maximum absolute atomic E-state index is 14.8. The molecule has 1 unspecified atom stereocenters. The van der Waals surface area contributed by atoms with Crippen LogP contribution in [0.25, 0.3) is 0 Å². The van der Waals surface area contributed by atoms with Gasteiger partial charge in [0, 0.05) is 18.5 Å². The van der Waals surface area contributed by atoms with Crippen LogP contribution in [0, 0.1) is 17.2 Å². The number of anilines is 1. The normalized spacial score (nSPS) is 13.1. The van der Waals surface area contributed by atoms with Crippen LogP contribution in [-0.4, -0.2) is 34.7 Å². The van der Waals surface area contributed by atoms with Gasteiger partial charge in [-0.05, 0) is 76.5 Å². The van der Waals surface area contributed by atoms with E-state index in [2.05, 4.69) is 20.8 Å². The van der Waals surface area contributed by atoms with Crippen LogP contribution in [0.15, 0.2) is 65.1 Å². The standard InChI is InChI=1S/C33H40BrFN2O4/c1-7-8-18-41-32(40)30-24(15-17-27(36-30)37(21(2)3)20-22-12-10-9-11-13-22)28(29(31(38)39)33(4,5)6)23-14-16-25(34)26(35)19-23/h9-17,19,21,28-29H,7-8,18,20H2,1-6H3,(H,38,39)/t28?,29-/m1/s1. The average molecular weight is 628 g/mol. The average Bonchev–Trinajstić information content (AvgIpc) is 2.91. The highest BCUT2D eigenvalue weighted by molar-refractivity contribution is 9.10. The van der Waals surface area contributed by atoms with Crippen molar-refractivity contribution in [2.24, 2.45) is 11.3 Å². The summed E-state index contributed by atoms with van der Waals surface area (Å²) in [7, 11) is 0. The van der Waals surface area contributed by atoms with Crippen LogP contribution in [0.5, 0.6) is 0 Å². The fourth-order valence-corrected chi connectivity index (χ4v) is 5.24. The number of benzene rings is 2. The number of nitrogens with zero attached hydrogens (tertiary/aromatic N) is 2. The third kappa shape index (κ3) is 8.15. The van der Waals surface area contributed by atoms with E-state index in [0.717, 1.165) is 12.0 Å². The first-order valence-corrected chi connectivity index (χ1v) is 14.8. The molecule has 2 atom stereocenters. The molecule has 41 heavy (non-hydrogen) atoms. The summed E-state index contributed by atoms with van der Waals surface area (Å²) < 4.78 is 20.7. The Morgan fingerprint density at radius 2 is 1.76 bits per heavy atom. The highest BCUT2D eigenvalue weighted by atomic mass is 79.9. The molecular weight excluding hydrogens is 587 g/mol. The van der Waals surface area contributed by atoms with Gasteiger partial charge < -0.3 is 14.7 Å². The Kier molecular flexibility index (Phi) is 11.1. The van der Waals surface area contributed by atoms with Gasteiger partial charge in [-0.2, -0.15) is 0 Å². The third-order valence-electron chi connectivity index (χ3n) is 7.12. The van der Waals surface area contributed by atoms with Gasteiger partial charge >= 0.3 is 11.9 Å². The minimum atomic E-state index is -1.05. The molecule has 0 aliphatic rings. The Balaban J connectivity index is 2.26. The van der Waals surface area contributed by atoms with E-state index in [1.807, 2.05) is 77.9 Å². The highest BCUT2D eigenvalue weighted by Gasteiger charge is 2.42. The van der Waals surface area contributed by atoms with Crippen molar-refractivity contribution in [1.82, 2.24) is 4.98 Å². The monoisotopic (exact) mass is 626 g/mol. The van der Waals surface area contributed by atoms with Gasteiger partial charge in [0.2, 0.25) is 0 Å². The number of carboxylic acid groups (broad SMARTS) is 1. The largest absolute Gasteiger partial charge is 0.481 e. The summed E-state index contributed by atoms with van der Waals surface area (Å²) in [5.74, 6) is -3.49. The maximum atomic E-state index is 14.8. The van der Waals surface area contributed by atoms with Crippen molar-refractivity contribution in [3.05, 3.63) is 93.3 Å². The third-order valence-corrected chi connectivity index (χ3v) is 7.76. The molecular formula is C33H40BrFN2O4. The van der Waals surface area contributed by atoms with Crippen molar-refractivity contribution < 1.29 is 23.8 Å². The van der Waals surface area contributed by atoms with E-state index < -0.39 is 35.0 Å². The Bertz CT molecular complexity index is 1340. The number of ether oxygens (including phenoxy) is 1. The Labute approximate surface area is 251 Å². The number of pyridine rings is 1. The molecule has 8 heteroatoms. The zero-order chi connectivity index (χ0) is 30.3. The SMILES string of the molecule is CCCCOC(=O)c1nc(N(Cc2ccccc2)C(C)C)ccc1C(c1ccc(Br)c(F)c1)[C@H](C(=O)O)C(C)(C)C. The molecule has 2 aromatic carbocycles. The Hall–Kier alpha value is -3.26. The van der Waals surface area contributed by atoms with Crippen LogP contribution in [0.4, 0.5) is 10.2 Å². The number of rotatable bonds is 12. The molecule has 220 valence electrons. The number of carbonyl (C=O) groups excluding carboxylic acids is 1. The predicted octanol–water partition coefficient (Wildman–Crippen LogP) is 8.23. The van der Waals surface area contributed by atoms with Crippen molar-refractivity contribution in [3.63, 3.8) is 0 Å². The zero-order valence-corrected chi connectivity index (χ0v) is 26.2. The molecule has 0 amide bonds. The molecule has 0 radical (unpaired) electrons. The van der Waals surface area contributed by atoms with E-state index >= 15 is 0 Å². The summed E-state index contributed by atoms with van der Waals surface area (Å²) in [5.41, 5.74) is 1.22. The minimum Gasteiger partial charge on any atom is -0.481 e. The van der Waals surface area contributed by atoms with Crippen LogP contribution in [0.1, 0.15) is 87.5 Å². The summed E-state index contributed by atoms with van der Waals surface area (Å²) in [6, 6.07) is 18.2. The van der Waals surface area contributed by atoms with Crippen LogP contribution in [0.3, 0.4) is 0 Å². The highest BCUT2D eigenvalue weighted by Crippen LogP contribution is 2.44. The molecule has 0 bridgehead atoms. The van der Waals surface area contributed by atoms with Gasteiger partial charge in [0.05, 0.1) is 17.0 Å². The van der Waals surface area contributed by atoms with Crippen LogP contribution in [-0.2, 0) is 16.1 Å². The van der Waals surface area contributed by atoms with E-state index in [4.69, 9.17) is 9.72 Å². The van der Waals surface area contributed by atoms with Crippen LogP contribution in [0.2, 0.25) is 0 Å². The van der Waals surface area contributed by atoms with Crippen molar-refractivity contribution >= 4 is 33.7 Å². The van der Waals surface area contributed by atoms with Gasteiger partial charge in [-0.1, -0.05) is 76.6 Å². The van der Waals surface area contributed by atoms with Gasteiger partial charge in [0.1, 0.15) is 11.6 Å². The second-order valence-corrected chi connectivity index (χ2v) is 12.5. The van der Waals surface area contributed by atoms with Crippen molar-refractivity contribution in [3.8, 4) is 0 Å². The lowest BCUT2D eigenvalue weighted by atomic mass is 9.68. The number of unbranched alkanes of at least 4 members (excludes halogenated alkanes) is 1. The molecule has 0 fully saturated rings. The molecule has 0 saturated carbocycles. The fraction of sp³-hybridized carbons (Fsp3) is 0.424. The first-order valence-electron chi connectivity index (χ1n) is 14.0. The summed E-state index contributed by atoms with van der Waals surface area (Å²) in [5, 5.41) is 10.5. The Morgan fingerprint density at radius 1 is 1.07 bits per heavy atom. The summed E-state index contributed by atoms with van der Waals surface area (Å²) in [6.45, 7) is 12.4. The van der Waals surface area contributed by atoms with Crippen molar-refractivity contribution in [2.75, 3.05) is 11.5 Å².